The first kappa shape index (κ1) is 7.45. The summed E-state index contributed by atoms with van der Waals surface area (Å²) in [7, 11) is 1.66. The van der Waals surface area contributed by atoms with Crippen molar-refractivity contribution in [2.75, 3.05) is 0 Å². The number of nitrogens with zero attached hydrogens (tertiary/aromatic N) is 3. The molecule has 1 heterocycles. The van der Waals surface area contributed by atoms with Crippen molar-refractivity contribution in [2.45, 2.75) is 0 Å². The van der Waals surface area contributed by atoms with Crippen molar-refractivity contribution in [3.8, 4) is 0 Å². The minimum Gasteiger partial charge on any atom is -0.258 e. The summed E-state index contributed by atoms with van der Waals surface area (Å²) in [5, 5.41) is 13.9. The molecular formula is C4H4IN3O2. The lowest BCUT2D eigenvalue weighted by atomic mass is 10.6. The van der Waals surface area contributed by atoms with Gasteiger partial charge in [0.15, 0.2) is 3.70 Å². The summed E-state index contributed by atoms with van der Waals surface area (Å²) in [6, 6.07) is 0. The lowest BCUT2D eigenvalue weighted by Gasteiger charge is -1.87. The van der Waals surface area contributed by atoms with Gasteiger partial charge in [-0.2, -0.15) is 5.10 Å². The summed E-state index contributed by atoms with van der Waals surface area (Å²) in [4.78, 5) is 9.73. The number of aromatic nitrogens is 2. The fourth-order valence-electron chi connectivity index (χ4n) is 0.533. The summed E-state index contributed by atoms with van der Waals surface area (Å²) < 4.78 is 2.00. The standard InChI is InChI=1S/C4H4IN3O2/c1-7-4(5)3(2-6-7)8(9)10/h2H,1H3. The highest BCUT2D eigenvalue weighted by Gasteiger charge is 2.14. The van der Waals surface area contributed by atoms with Crippen LogP contribution in [0.15, 0.2) is 6.20 Å². The molecule has 0 aromatic carbocycles. The number of halogens is 1. The largest absolute Gasteiger partial charge is 0.320 e. The summed E-state index contributed by atoms with van der Waals surface area (Å²) in [5.41, 5.74) is 0.0584. The third-order valence-electron chi connectivity index (χ3n) is 1.05. The molecule has 54 valence electrons. The fourth-order valence-corrected chi connectivity index (χ4v) is 0.994. The van der Waals surface area contributed by atoms with E-state index in [1.54, 1.807) is 7.05 Å². The molecule has 0 atom stereocenters. The molecule has 0 aliphatic carbocycles. The fraction of sp³-hybridized carbons (Fsp3) is 0.250. The highest BCUT2D eigenvalue weighted by molar-refractivity contribution is 14.1. The third-order valence-corrected chi connectivity index (χ3v) is 2.30. The molecule has 5 nitrogen and oxygen atoms in total. The van der Waals surface area contributed by atoms with Crippen molar-refractivity contribution in [3.63, 3.8) is 0 Å². The van der Waals surface area contributed by atoms with Gasteiger partial charge in [-0.25, -0.2) is 0 Å². The van der Waals surface area contributed by atoms with Gasteiger partial charge < -0.3 is 0 Å². The van der Waals surface area contributed by atoms with E-state index in [2.05, 4.69) is 5.10 Å². The smallest absolute Gasteiger partial charge is 0.258 e. The molecule has 0 fully saturated rings. The van der Waals surface area contributed by atoms with Gasteiger partial charge in [0, 0.05) is 7.05 Å². The van der Waals surface area contributed by atoms with Crippen LogP contribution in [-0.4, -0.2) is 14.7 Å². The first-order valence-corrected chi connectivity index (χ1v) is 3.52. The molecule has 0 radical (unpaired) electrons. The van der Waals surface area contributed by atoms with Gasteiger partial charge in [-0.3, -0.25) is 14.8 Å². The predicted molar refractivity (Wildman–Crippen MR) is 42.6 cm³/mol. The summed E-state index contributed by atoms with van der Waals surface area (Å²) >= 11 is 1.87. The zero-order chi connectivity index (χ0) is 7.72. The molecule has 1 rings (SSSR count). The number of hydrogen-bond acceptors (Lipinski definition) is 3. The Hall–Kier alpha value is -0.660. The Bertz CT molecular complexity index is 269. The van der Waals surface area contributed by atoms with Crippen LogP contribution in [0, 0.1) is 13.8 Å². The van der Waals surface area contributed by atoms with E-state index in [0.717, 1.165) is 0 Å². The lowest BCUT2D eigenvalue weighted by molar-refractivity contribution is -0.385. The zero-order valence-electron chi connectivity index (χ0n) is 5.11. The van der Waals surface area contributed by atoms with Crippen LogP contribution in [0.5, 0.6) is 0 Å². The van der Waals surface area contributed by atoms with Gasteiger partial charge >= 0.3 is 5.69 Å². The minimum atomic E-state index is -0.450. The Morgan fingerprint density at radius 3 is 2.70 bits per heavy atom. The van der Waals surface area contributed by atoms with Crippen LogP contribution in [-0.2, 0) is 7.05 Å². The van der Waals surface area contributed by atoms with Crippen LogP contribution in [0.25, 0.3) is 0 Å². The van der Waals surface area contributed by atoms with Crippen LogP contribution >= 0.6 is 22.6 Å². The number of hydrogen-bond donors (Lipinski definition) is 0. The normalized spacial score (nSPS) is 9.80. The molecule has 0 N–H and O–H groups in total. The maximum Gasteiger partial charge on any atom is 0.320 e. The van der Waals surface area contributed by atoms with E-state index >= 15 is 0 Å². The van der Waals surface area contributed by atoms with Crippen molar-refractivity contribution < 1.29 is 4.92 Å². The maximum atomic E-state index is 10.2. The number of aryl methyl sites for hydroxylation is 1. The molecule has 0 unspecified atom stereocenters. The average molecular weight is 253 g/mol. The number of rotatable bonds is 1. The van der Waals surface area contributed by atoms with Crippen LogP contribution in [0.4, 0.5) is 5.69 Å². The number of nitro groups is 1. The summed E-state index contributed by atoms with van der Waals surface area (Å²) in [5.74, 6) is 0. The van der Waals surface area contributed by atoms with E-state index in [9.17, 15) is 10.1 Å². The summed E-state index contributed by atoms with van der Waals surface area (Å²) in [6.45, 7) is 0. The quantitative estimate of drug-likeness (QED) is 0.425. The van der Waals surface area contributed by atoms with E-state index in [-0.39, 0.29) is 5.69 Å². The Kier molecular flexibility index (Phi) is 1.88. The SMILES string of the molecule is Cn1ncc([N+](=O)[O-])c1I. The third kappa shape index (κ3) is 1.11. The molecule has 0 amide bonds. The van der Waals surface area contributed by atoms with Crippen LogP contribution in [0.3, 0.4) is 0 Å². The van der Waals surface area contributed by atoms with E-state index in [4.69, 9.17) is 0 Å². The van der Waals surface area contributed by atoms with E-state index in [1.807, 2.05) is 22.6 Å². The molecule has 0 saturated carbocycles. The molecule has 1 aromatic rings. The molecule has 10 heavy (non-hydrogen) atoms. The first-order chi connectivity index (χ1) is 4.63. The van der Waals surface area contributed by atoms with Gasteiger partial charge in [0.05, 0.1) is 4.92 Å². The maximum absolute atomic E-state index is 10.2. The molecule has 6 heteroatoms. The van der Waals surface area contributed by atoms with E-state index < -0.39 is 4.92 Å². The molecule has 0 spiro atoms. The molecule has 0 aliphatic heterocycles. The van der Waals surface area contributed by atoms with Crippen LogP contribution in [0.1, 0.15) is 0 Å². The second kappa shape index (κ2) is 2.52. The molecule has 0 saturated heterocycles. The average Bonchev–Trinajstić information content (AvgIpc) is 2.14. The highest BCUT2D eigenvalue weighted by atomic mass is 127. The van der Waals surface area contributed by atoms with Crippen molar-refractivity contribution in [1.29, 1.82) is 0 Å². The molecule has 0 bridgehead atoms. The first-order valence-electron chi connectivity index (χ1n) is 2.45. The van der Waals surface area contributed by atoms with Crippen molar-refractivity contribution in [1.82, 2.24) is 9.78 Å². The Morgan fingerprint density at radius 1 is 1.90 bits per heavy atom. The molecule has 0 aliphatic rings. The Labute approximate surface area is 70.3 Å². The van der Waals surface area contributed by atoms with Gasteiger partial charge in [-0.1, -0.05) is 0 Å². The van der Waals surface area contributed by atoms with Crippen molar-refractivity contribution >= 4 is 28.3 Å². The van der Waals surface area contributed by atoms with Crippen LogP contribution in [0.2, 0.25) is 0 Å². The van der Waals surface area contributed by atoms with Gasteiger partial charge in [0.25, 0.3) is 0 Å². The summed E-state index contributed by atoms with van der Waals surface area (Å²) in [6.07, 6.45) is 1.24. The highest BCUT2D eigenvalue weighted by Crippen LogP contribution is 2.17. The van der Waals surface area contributed by atoms with Gasteiger partial charge in [0.2, 0.25) is 0 Å². The molecule has 1 aromatic heterocycles. The second-order valence-corrected chi connectivity index (χ2v) is 2.72. The topological polar surface area (TPSA) is 61.0 Å². The van der Waals surface area contributed by atoms with E-state index in [1.165, 1.54) is 10.9 Å². The van der Waals surface area contributed by atoms with Gasteiger partial charge in [-0.05, 0) is 22.6 Å². The monoisotopic (exact) mass is 253 g/mol. The van der Waals surface area contributed by atoms with Crippen molar-refractivity contribution in [2.24, 2.45) is 7.05 Å². The van der Waals surface area contributed by atoms with Crippen molar-refractivity contribution in [3.05, 3.63) is 20.0 Å². The van der Waals surface area contributed by atoms with E-state index in [0.29, 0.717) is 3.70 Å². The van der Waals surface area contributed by atoms with Gasteiger partial charge in [-0.15, -0.1) is 0 Å². The minimum absolute atomic E-state index is 0.0584. The second-order valence-electron chi connectivity index (χ2n) is 1.70. The Balaban J connectivity index is 3.17. The molecular weight excluding hydrogens is 249 g/mol. The predicted octanol–water partition coefficient (Wildman–Crippen LogP) is 0.933. The van der Waals surface area contributed by atoms with Crippen LogP contribution < -0.4 is 0 Å². The Morgan fingerprint density at radius 2 is 2.50 bits per heavy atom. The van der Waals surface area contributed by atoms with Gasteiger partial charge in [0.1, 0.15) is 6.20 Å². The lowest BCUT2D eigenvalue weighted by Crippen LogP contribution is -1.94. The zero-order valence-corrected chi connectivity index (χ0v) is 7.27.